The Balaban J connectivity index is 1.86. The summed E-state index contributed by atoms with van der Waals surface area (Å²) in [5, 5.41) is 4.76. The van der Waals surface area contributed by atoms with Crippen molar-refractivity contribution in [1.82, 2.24) is 10.3 Å². The van der Waals surface area contributed by atoms with E-state index in [1.54, 1.807) is 11.3 Å². The highest BCUT2D eigenvalue weighted by molar-refractivity contribution is 7.11. The van der Waals surface area contributed by atoms with Crippen molar-refractivity contribution >= 4 is 11.3 Å². The van der Waals surface area contributed by atoms with Crippen LogP contribution in [0.2, 0.25) is 0 Å². The summed E-state index contributed by atoms with van der Waals surface area (Å²) < 4.78 is 0. The second kappa shape index (κ2) is 6.66. The molecule has 1 atom stereocenters. The quantitative estimate of drug-likeness (QED) is 0.859. The molecule has 2 rings (SSSR count). The first-order chi connectivity index (χ1) is 8.78. The first kappa shape index (κ1) is 13.2. The van der Waals surface area contributed by atoms with Crippen LogP contribution < -0.4 is 5.32 Å². The van der Waals surface area contributed by atoms with E-state index in [0.717, 1.165) is 24.4 Å². The van der Waals surface area contributed by atoms with E-state index in [0.29, 0.717) is 6.04 Å². The van der Waals surface area contributed by atoms with Gasteiger partial charge in [0, 0.05) is 23.7 Å². The lowest BCUT2D eigenvalue weighted by molar-refractivity contribution is 0.496. The zero-order valence-corrected chi connectivity index (χ0v) is 11.8. The Morgan fingerprint density at radius 2 is 2.06 bits per heavy atom. The molecule has 0 aliphatic rings. The van der Waals surface area contributed by atoms with E-state index < -0.39 is 0 Å². The van der Waals surface area contributed by atoms with Gasteiger partial charge in [0.1, 0.15) is 0 Å². The summed E-state index contributed by atoms with van der Waals surface area (Å²) in [6, 6.07) is 11.2. The molecule has 1 aromatic carbocycles. The minimum Gasteiger partial charge on any atom is -0.309 e. The molecule has 18 heavy (non-hydrogen) atoms. The molecule has 0 saturated heterocycles. The number of benzene rings is 1. The van der Waals surface area contributed by atoms with Gasteiger partial charge in [-0.05, 0) is 25.3 Å². The molecule has 0 saturated carbocycles. The summed E-state index contributed by atoms with van der Waals surface area (Å²) in [5.41, 5.74) is 1.40. The third-order valence-corrected chi connectivity index (χ3v) is 3.96. The number of hydrogen-bond acceptors (Lipinski definition) is 3. The lowest BCUT2D eigenvalue weighted by Gasteiger charge is -2.16. The van der Waals surface area contributed by atoms with E-state index in [1.807, 2.05) is 6.20 Å². The molecule has 0 amide bonds. The fraction of sp³-hybridized carbons (Fsp3) is 0.400. The Bertz CT molecular complexity index is 464. The maximum absolute atomic E-state index is 4.28. The van der Waals surface area contributed by atoms with Crippen LogP contribution in [-0.4, -0.2) is 11.0 Å². The van der Waals surface area contributed by atoms with Gasteiger partial charge in [-0.2, -0.15) is 0 Å². The Morgan fingerprint density at radius 3 is 2.67 bits per heavy atom. The van der Waals surface area contributed by atoms with E-state index >= 15 is 0 Å². The molecule has 0 fully saturated rings. The zero-order valence-electron chi connectivity index (χ0n) is 11.0. The van der Waals surface area contributed by atoms with Crippen molar-refractivity contribution in [3.63, 3.8) is 0 Å². The number of aromatic nitrogens is 1. The highest BCUT2D eigenvalue weighted by Crippen LogP contribution is 2.12. The topological polar surface area (TPSA) is 24.9 Å². The van der Waals surface area contributed by atoms with Gasteiger partial charge in [0.2, 0.25) is 0 Å². The molecule has 0 spiro atoms. The highest BCUT2D eigenvalue weighted by Gasteiger charge is 2.07. The molecular formula is C15H20N2S. The van der Waals surface area contributed by atoms with E-state index in [-0.39, 0.29) is 0 Å². The van der Waals surface area contributed by atoms with Crippen molar-refractivity contribution in [3.8, 4) is 0 Å². The number of rotatable bonds is 6. The van der Waals surface area contributed by atoms with Crippen molar-refractivity contribution in [3.05, 3.63) is 52.0 Å². The highest BCUT2D eigenvalue weighted by atomic mass is 32.1. The van der Waals surface area contributed by atoms with Crippen molar-refractivity contribution < 1.29 is 0 Å². The lowest BCUT2D eigenvalue weighted by atomic mass is 10.0. The average molecular weight is 260 g/mol. The van der Waals surface area contributed by atoms with E-state index in [9.17, 15) is 0 Å². The third-order valence-electron chi connectivity index (χ3n) is 3.05. The van der Waals surface area contributed by atoms with E-state index in [1.165, 1.54) is 10.4 Å². The van der Waals surface area contributed by atoms with Crippen LogP contribution in [0.4, 0.5) is 0 Å². The second-order valence-corrected chi connectivity index (χ2v) is 5.84. The fourth-order valence-electron chi connectivity index (χ4n) is 1.99. The maximum atomic E-state index is 4.28. The minimum absolute atomic E-state index is 0.537. The molecule has 0 bridgehead atoms. The molecule has 1 N–H and O–H groups in total. The SMILES string of the molecule is CCC(Cc1ccccc1)NCc1cnc(C)s1. The monoisotopic (exact) mass is 260 g/mol. The average Bonchev–Trinajstić information content (AvgIpc) is 2.81. The Hall–Kier alpha value is -1.19. The van der Waals surface area contributed by atoms with Crippen LogP contribution in [0.3, 0.4) is 0 Å². The van der Waals surface area contributed by atoms with E-state index in [4.69, 9.17) is 0 Å². The second-order valence-electron chi connectivity index (χ2n) is 4.52. The zero-order chi connectivity index (χ0) is 12.8. The van der Waals surface area contributed by atoms with Crippen molar-refractivity contribution in [1.29, 1.82) is 0 Å². The summed E-state index contributed by atoms with van der Waals surface area (Å²) >= 11 is 1.77. The predicted molar refractivity (Wildman–Crippen MR) is 77.9 cm³/mol. The van der Waals surface area contributed by atoms with Gasteiger partial charge >= 0.3 is 0 Å². The van der Waals surface area contributed by atoms with Crippen LogP contribution in [0.5, 0.6) is 0 Å². The summed E-state index contributed by atoms with van der Waals surface area (Å²) in [7, 11) is 0. The fourth-order valence-corrected chi connectivity index (χ4v) is 2.74. The van der Waals surface area contributed by atoms with Crippen LogP contribution in [0.25, 0.3) is 0 Å². The number of thiazole rings is 1. The Morgan fingerprint density at radius 1 is 1.28 bits per heavy atom. The van der Waals surface area contributed by atoms with Crippen LogP contribution in [0.15, 0.2) is 36.5 Å². The molecule has 2 aromatic rings. The minimum atomic E-state index is 0.537. The lowest BCUT2D eigenvalue weighted by Crippen LogP contribution is -2.29. The molecule has 1 heterocycles. The first-order valence-electron chi connectivity index (χ1n) is 6.46. The summed E-state index contributed by atoms with van der Waals surface area (Å²) in [4.78, 5) is 5.60. The number of nitrogens with one attached hydrogen (secondary N) is 1. The molecule has 1 unspecified atom stereocenters. The molecule has 0 radical (unpaired) electrons. The molecule has 0 aliphatic heterocycles. The van der Waals surface area contributed by atoms with Gasteiger partial charge in [-0.1, -0.05) is 37.3 Å². The van der Waals surface area contributed by atoms with Crippen LogP contribution in [-0.2, 0) is 13.0 Å². The van der Waals surface area contributed by atoms with Gasteiger partial charge in [-0.15, -0.1) is 11.3 Å². The van der Waals surface area contributed by atoms with Gasteiger partial charge < -0.3 is 5.32 Å². The summed E-state index contributed by atoms with van der Waals surface area (Å²) in [6.45, 7) is 5.21. The molecule has 3 heteroatoms. The van der Waals surface area contributed by atoms with Crippen molar-refractivity contribution in [2.45, 2.75) is 39.3 Å². The van der Waals surface area contributed by atoms with Crippen LogP contribution >= 0.6 is 11.3 Å². The van der Waals surface area contributed by atoms with Gasteiger partial charge in [0.15, 0.2) is 0 Å². The van der Waals surface area contributed by atoms with E-state index in [2.05, 4.69) is 54.5 Å². The van der Waals surface area contributed by atoms with Gasteiger partial charge in [0.25, 0.3) is 0 Å². The summed E-state index contributed by atoms with van der Waals surface area (Å²) in [6.07, 6.45) is 4.21. The molecule has 96 valence electrons. The summed E-state index contributed by atoms with van der Waals surface area (Å²) in [5.74, 6) is 0. The molecule has 2 nitrogen and oxygen atoms in total. The molecular weight excluding hydrogens is 240 g/mol. The Kier molecular flexibility index (Phi) is 4.90. The number of aryl methyl sites for hydroxylation is 1. The Labute approximate surface area is 113 Å². The normalized spacial score (nSPS) is 12.6. The van der Waals surface area contributed by atoms with Gasteiger partial charge in [-0.3, -0.25) is 0 Å². The molecule has 0 aliphatic carbocycles. The number of hydrogen-bond donors (Lipinski definition) is 1. The molecule has 1 aromatic heterocycles. The van der Waals surface area contributed by atoms with Crippen molar-refractivity contribution in [2.24, 2.45) is 0 Å². The van der Waals surface area contributed by atoms with Gasteiger partial charge in [0.05, 0.1) is 5.01 Å². The smallest absolute Gasteiger partial charge is 0.0897 e. The third kappa shape index (κ3) is 3.93. The standard InChI is InChI=1S/C15H20N2S/c1-3-14(9-13-7-5-4-6-8-13)17-11-15-10-16-12(2)18-15/h4-8,10,14,17H,3,9,11H2,1-2H3. The predicted octanol–water partition coefficient (Wildman–Crippen LogP) is 3.56. The van der Waals surface area contributed by atoms with Crippen molar-refractivity contribution in [2.75, 3.05) is 0 Å². The maximum Gasteiger partial charge on any atom is 0.0897 e. The largest absolute Gasteiger partial charge is 0.309 e. The van der Waals surface area contributed by atoms with Crippen LogP contribution in [0.1, 0.15) is 28.8 Å². The number of nitrogens with zero attached hydrogens (tertiary/aromatic N) is 1. The first-order valence-corrected chi connectivity index (χ1v) is 7.28. The van der Waals surface area contributed by atoms with Gasteiger partial charge in [-0.25, -0.2) is 4.98 Å². The van der Waals surface area contributed by atoms with Crippen LogP contribution in [0, 0.1) is 6.92 Å².